The molecule has 4 aromatic rings. The molecule has 3 aromatic carbocycles. The summed E-state index contributed by atoms with van der Waals surface area (Å²) in [5.74, 6) is -0.928. The molecule has 3 heterocycles. The number of carboxylic acids is 1. The predicted molar refractivity (Wildman–Crippen MR) is 197 cm³/mol. The third-order valence-corrected chi connectivity index (χ3v) is 9.73. The Hall–Kier alpha value is -4.46. The zero-order chi connectivity index (χ0) is 37.2. The van der Waals surface area contributed by atoms with Crippen molar-refractivity contribution >= 4 is 51.2 Å². The Bertz CT molecular complexity index is 1950. The lowest BCUT2D eigenvalue weighted by molar-refractivity contribution is -0.142. The molecule has 2 N–H and O–H groups in total. The van der Waals surface area contributed by atoms with E-state index in [0.29, 0.717) is 55.5 Å². The third kappa shape index (κ3) is 8.59. The maximum Gasteiger partial charge on any atom is 0.410 e. The largest absolute Gasteiger partial charge is 0.508 e. The van der Waals surface area contributed by atoms with E-state index < -0.39 is 23.5 Å². The van der Waals surface area contributed by atoms with Crippen LogP contribution in [0.25, 0.3) is 32.8 Å². The maximum atomic E-state index is 17.0. The maximum absolute atomic E-state index is 17.0. The lowest BCUT2D eigenvalue weighted by atomic mass is 9.96. The molecule has 1 amide bonds. The molecule has 52 heavy (non-hydrogen) atoms. The molecule has 2 fully saturated rings. The second kappa shape index (κ2) is 15.6. The summed E-state index contributed by atoms with van der Waals surface area (Å²) in [5.41, 5.74) is -0.0737. The average Bonchev–Trinajstić information content (AvgIpc) is 3.08. The number of amides is 1. The van der Waals surface area contributed by atoms with E-state index in [2.05, 4.69) is 9.88 Å². The number of carbonyl (C=O) groups is 2. The summed E-state index contributed by atoms with van der Waals surface area (Å²) >= 11 is 6.89. The van der Waals surface area contributed by atoms with Gasteiger partial charge in [0.2, 0.25) is 0 Å². The minimum absolute atomic E-state index is 0.00849. The summed E-state index contributed by atoms with van der Waals surface area (Å²) in [6.45, 7) is 11.2. The van der Waals surface area contributed by atoms with E-state index in [0.717, 1.165) is 36.7 Å². The lowest BCUT2D eigenvalue weighted by Crippen LogP contribution is -2.54. The predicted octanol–water partition coefficient (Wildman–Crippen LogP) is 6.59. The van der Waals surface area contributed by atoms with Crippen molar-refractivity contribution in [3.63, 3.8) is 0 Å². The first kappa shape index (κ1) is 37.3. The van der Waals surface area contributed by atoms with Gasteiger partial charge in [0.05, 0.1) is 11.6 Å². The van der Waals surface area contributed by atoms with E-state index in [1.807, 2.05) is 56.9 Å². The number of phenols is 1. The van der Waals surface area contributed by atoms with Crippen LogP contribution in [0.4, 0.5) is 15.0 Å². The summed E-state index contributed by atoms with van der Waals surface area (Å²) in [4.78, 5) is 39.0. The van der Waals surface area contributed by atoms with Gasteiger partial charge in [0.1, 0.15) is 35.9 Å². The Labute approximate surface area is 307 Å². The third-order valence-electron chi connectivity index (χ3n) is 9.43. The molecule has 0 bridgehead atoms. The molecular formula is C38H45ClFN5O7. The number of fused-ring (bicyclic) bond motifs is 2. The highest BCUT2D eigenvalue weighted by atomic mass is 35.5. The molecule has 278 valence electrons. The van der Waals surface area contributed by atoms with Gasteiger partial charge in [-0.25, -0.2) is 14.0 Å². The Balaban J connectivity index is 1.29. The number of phenolic OH excluding ortho intramolecular Hbond substituents is 1. The number of hydrogen-bond donors (Lipinski definition) is 2. The number of benzene rings is 3. The Morgan fingerprint density at radius 1 is 1.04 bits per heavy atom. The van der Waals surface area contributed by atoms with Gasteiger partial charge in [-0.05, 0) is 94.1 Å². The first-order chi connectivity index (χ1) is 24.8. The van der Waals surface area contributed by atoms with E-state index in [9.17, 15) is 14.7 Å². The van der Waals surface area contributed by atoms with Gasteiger partial charge in [0.25, 0.3) is 0 Å². The molecule has 6 rings (SSSR count). The zero-order valence-electron chi connectivity index (χ0n) is 29.9. The van der Waals surface area contributed by atoms with Crippen LogP contribution in [0.1, 0.15) is 40.5 Å². The lowest BCUT2D eigenvalue weighted by Gasteiger charge is -2.41. The molecule has 0 spiro atoms. The quantitative estimate of drug-likeness (QED) is 0.182. The SMILES string of the molecule is C[C@H]1CN(C(=O)OC(C)(C)C)CCN1c1nc(OCCN2CCC(COCC(=O)O)CC2)nc2c(F)c(-c3cc(O)cc4ccccc34)c(Cl)cc12. The highest BCUT2D eigenvalue weighted by Gasteiger charge is 2.33. The molecule has 2 aliphatic rings. The molecule has 2 saturated heterocycles. The Morgan fingerprint density at radius 2 is 1.79 bits per heavy atom. The van der Waals surface area contributed by atoms with Crippen molar-refractivity contribution in [2.45, 2.75) is 52.2 Å². The van der Waals surface area contributed by atoms with Gasteiger partial charge in [-0.3, -0.25) is 4.90 Å². The molecule has 0 unspecified atom stereocenters. The highest BCUT2D eigenvalue weighted by molar-refractivity contribution is 6.35. The molecule has 1 atom stereocenters. The number of piperazine rings is 1. The Kier molecular flexibility index (Phi) is 11.2. The topological polar surface area (TPSA) is 138 Å². The molecule has 2 aliphatic heterocycles. The second-order valence-electron chi connectivity index (χ2n) is 14.5. The van der Waals surface area contributed by atoms with E-state index in [1.165, 1.54) is 6.07 Å². The normalized spacial score (nSPS) is 17.5. The van der Waals surface area contributed by atoms with Crippen LogP contribution in [0, 0.1) is 11.7 Å². The number of rotatable bonds is 10. The first-order valence-electron chi connectivity index (χ1n) is 17.6. The fourth-order valence-corrected chi connectivity index (χ4v) is 7.21. The smallest absolute Gasteiger partial charge is 0.410 e. The number of ether oxygens (including phenoxy) is 3. The van der Waals surface area contributed by atoms with Gasteiger partial charge in [-0.2, -0.15) is 9.97 Å². The number of carboxylic acid groups (broad SMARTS) is 1. The van der Waals surface area contributed by atoms with Crippen molar-refractivity contribution in [1.82, 2.24) is 19.8 Å². The van der Waals surface area contributed by atoms with Crippen molar-refractivity contribution in [2.75, 3.05) is 64.0 Å². The van der Waals surface area contributed by atoms with E-state index >= 15 is 4.39 Å². The number of anilines is 1. The van der Waals surface area contributed by atoms with Crippen LogP contribution in [0.2, 0.25) is 5.02 Å². The van der Waals surface area contributed by atoms with Crippen LogP contribution >= 0.6 is 11.6 Å². The summed E-state index contributed by atoms with van der Waals surface area (Å²) in [6.07, 6.45) is 1.36. The Morgan fingerprint density at radius 3 is 2.50 bits per heavy atom. The van der Waals surface area contributed by atoms with Gasteiger partial charge < -0.3 is 34.2 Å². The van der Waals surface area contributed by atoms with E-state index in [-0.39, 0.29) is 47.1 Å². The van der Waals surface area contributed by atoms with Crippen LogP contribution in [0.3, 0.4) is 0 Å². The van der Waals surface area contributed by atoms with Crippen LogP contribution in [0.15, 0.2) is 42.5 Å². The van der Waals surface area contributed by atoms with Crippen LogP contribution in [-0.2, 0) is 14.3 Å². The standard InChI is InChI=1S/C38H45ClFN5O7/c1-23-20-44(37(49)52-38(2,3)4)13-14-45(23)35-29-19-30(39)32(28-18-26(46)17-25-7-5-6-8-27(25)28)33(40)34(29)41-36(42-35)51-16-15-43-11-9-24(10-12-43)21-50-22-31(47)48/h5-8,17-19,23-24,46H,9-16,20-22H2,1-4H3,(H,47,48)/t23-/m0/s1. The molecule has 0 radical (unpaired) electrons. The minimum Gasteiger partial charge on any atom is -0.508 e. The molecular weight excluding hydrogens is 693 g/mol. The number of halogens is 2. The fourth-order valence-electron chi connectivity index (χ4n) is 6.91. The molecule has 0 saturated carbocycles. The van der Waals surface area contributed by atoms with Crippen LogP contribution in [0.5, 0.6) is 11.8 Å². The van der Waals surface area contributed by atoms with Crippen LogP contribution in [-0.4, -0.2) is 113 Å². The molecule has 12 nitrogen and oxygen atoms in total. The van der Waals surface area contributed by atoms with Gasteiger partial charge in [0, 0.05) is 43.2 Å². The van der Waals surface area contributed by atoms with Crippen molar-refractivity contribution in [3.8, 4) is 22.9 Å². The van der Waals surface area contributed by atoms with Crippen LogP contribution < -0.4 is 9.64 Å². The summed E-state index contributed by atoms with van der Waals surface area (Å²) in [7, 11) is 0. The monoisotopic (exact) mass is 737 g/mol. The van der Waals surface area contributed by atoms with Gasteiger partial charge in [-0.1, -0.05) is 35.9 Å². The number of piperidine rings is 1. The number of carbonyl (C=O) groups excluding carboxylic acids is 1. The van der Waals surface area contributed by atoms with Crippen molar-refractivity contribution in [3.05, 3.63) is 53.3 Å². The van der Waals surface area contributed by atoms with Gasteiger partial charge >= 0.3 is 18.1 Å². The summed E-state index contributed by atoms with van der Waals surface area (Å²) < 4.78 is 34.0. The van der Waals surface area contributed by atoms with Crippen molar-refractivity contribution < 1.29 is 38.4 Å². The second-order valence-corrected chi connectivity index (χ2v) is 14.9. The zero-order valence-corrected chi connectivity index (χ0v) is 30.7. The molecule has 1 aromatic heterocycles. The molecule has 14 heteroatoms. The number of nitrogens with zero attached hydrogens (tertiary/aromatic N) is 5. The van der Waals surface area contributed by atoms with E-state index in [1.54, 1.807) is 17.0 Å². The van der Waals surface area contributed by atoms with E-state index in [4.69, 9.17) is 35.9 Å². The summed E-state index contributed by atoms with van der Waals surface area (Å²) in [6, 6.07) is 11.9. The number of aromatic hydroxyl groups is 1. The van der Waals surface area contributed by atoms with Crippen molar-refractivity contribution in [1.29, 1.82) is 0 Å². The number of likely N-dealkylation sites (tertiary alicyclic amines) is 1. The van der Waals surface area contributed by atoms with Gasteiger partial charge in [-0.15, -0.1) is 0 Å². The van der Waals surface area contributed by atoms with Gasteiger partial charge in [0.15, 0.2) is 5.82 Å². The minimum atomic E-state index is -0.974. The average molecular weight is 738 g/mol. The first-order valence-corrected chi connectivity index (χ1v) is 18.0. The fraction of sp³-hybridized carbons (Fsp3) is 0.474. The van der Waals surface area contributed by atoms with Crippen molar-refractivity contribution in [2.24, 2.45) is 5.92 Å². The number of aliphatic carboxylic acids is 1. The number of hydrogen-bond acceptors (Lipinski definition) is 10. The summed E-state index contributed by atoms with van der Waals surface area (Å²) in [5, 5.41) is 21.4. The molecule has 0 aliphatic carbocycles. The number of aromatic nitrogens is 2. The highest BCUT2D eigenvalue weighted by Crippen LogP contribution is 2.43.